The second-order valence-corrected chi connectivity index (χ2v) is 5.83. The van der Waals surface area contributed by atoms with E-state index < -0.39 is 0 Å². The van der Waals surface area contributed by atoms with Gasteiger partial charge in [-0.1, -0.05) is 6.07 Å². The van der Waals surface area contributed by atoms with Crippen LogP contribution in [0.15, 0.2) is 18.2 Å². The molecule has 1 aliphatic heterocycles. The summed E-state index contributed by atoms with van der Waals surface area (Å²) in [5, 5.41) is 3.44. The Bertz CT molecular complexity index is 442. The van der Waals surface area contributed by atoms with Crippen molar-refractivity contribution < 1.29 is 13.9 Å². The Labute approximate surface area is 119 Å². The Morgan fingerprint density at radius 3 is 2.95 bits per heavy atom. The van der Waals surface area contributed by atoms with Gasteiger partial charge in [-0.2, -0.15) is 0 Å². The molecule has 1 N–H and O–H groups in total. The van der Waals surface area contributed by atoms with Crippen molar-refractivity contribution >= 4 is 0 Å². The van der Waals surface area contributed by atoms with Gasteiger partial charge in [0.1, 0.15) is 5.82 Å². The summed E-state index contributed by atoms with van der Waals surface area (Å²) >= 11 is 0. The van der Waals surface area contributed by atoms with Crippen LogP contribution in [0.25, 0.3) is 0 Å². The van der Waals surface area contributed by atoms with Gasteiger partial charge in [0.05, 0.1) is 19.8 Å². The van der Waals surface area contributed by atoms with Crippen molar-refractivity contribution in [1.29, 1.82) is 0 Å². The van der Waals surface area contributed by atoms with E-state index in [1.54, 1.807) is 6.07 Å². The van der Waals surface area contributed by atoms with Crippen molar-refractivity contribution in [3.63, 3.8) is 0 Å². The number of nitrogens with one attached hydrogen (secondary N) is 1. The van der Waals surface area contributed by atoms with E-state index in [9.17, 15) is 4.39 Å². The van der Waals surface area contributed by atoms with Crippen LogP contribution in [0, 0.1) is 11.7 Å². The summed E-state index contributed by atoms with van der Waals surface area (Å²) in [5.41, 5.74) is 1.78. The summed E-state index contributed by atoms with van der Waals surface area (Å²) in [5.74, 6) is 0.292. The number of halogens is 1. The van der Waals surface area contributed by atoms with Gasteiger partial charge in [0, 0.05) is 30.7 Å². The van der Waals surface area contributed by atoms with Crippen LogP contribution in [-0.4, -0.2) is 25.9 Å². The molecule has 1 aliphatic carbocycles. The number of hydrogen-bond donors (Lipinski definition) is 1. The lowest BCUT2D eigenvalue weighted by Crippen LogP contribution is -2.15. The van der Waals surface area contributed by atoms with Crippen molar-refractivity contribution in [3.05, 3.63) is 35.1 Å². The van der Waals surface area contributed by atoms with Gasteiger partial charge >= 0.3 is 0 Å². The molecule has 0 amide bonds. The highest BCUT2D eigenvalue weighted by Crippen LogP contribution is 2.20. The van der Waals surface area contributed by atoms with E-state index in [1.165, 1.54) is 12.8 Å². The fraction of sp³-hybridized carbons (Fsp3) is 0.625. The molecule has 1 atom stereocenters. The summed E-state index contributed by atoms with van der Waals surface area (Å²) in [6.45, 7) is 3.41. The molecule has 0 aromatic heterocycles. The highest BCUT2D eigenvalue weighted by molar-refractivity contribution is 5.24. The smallest absolute Gasteiger partial charge is 0.128 e. The van der Waals surface area contributed by atoms with Gasteiger partial charge in [-0.05, 0) is 37.0 Å². The van der Waals surface area contributed by atoms with Crippen LogP contribution in [0.3, 0.4) is 0 Å². The maximum atomic E-state index is 13.8. The lowest BCUT2D eigenvalue weighted by atomic mass is 10.1. The van der Waals surface area contributed by atoms with Crippen molar-refractivity contribution in [2.45, 2.75) is 38.5 Å². The molecule has 2 fully saturated rings. The Balaban J connectivity index is 1.49. The molecule has 1 aromatic carbocycles. The van der Waals surface area contributed by atoms with Crippen LogP contribution < -0.4 is 5.32 Å². The maximum Gasteiger partial charge on any atom is 0.128 e. The van der Waals surface area contributed by atoms with Gasteiger partial charge in [0.25, 0.3) is 0 Å². The quantitative estimate of drug-likeness (QED) is 0.832. The fourth-order valence-corrected chi connectivity index (χ4v) is 2.45. The zero-order chi connectivity index (χ0) is 13.8. The summed E-state index contributed by atoms with van der Waals surface area (Å²) in [7, 11) is 0. The molecule has 20 heavy (non-hydrogen) atoms. The van der Waals surface area contributed by atoms with E-state index in [-0.39, 0.29) is 5.82 Å². The molecule has 0 spiro atoms. The Kier molecular flexibility index (Phi) is 4.65. The molecule has 110 valence electrons. The van der Waals surface area contributed by atoms with Gasteiger partial charge in [0.15, 0.2) is 0 Å². The predicted octanol–water partition coefficient (Wildman–Crippen LogP) is 2.63. The van der Waals surface area contributed by atoms with Crippen LogP contribution in [0.1, 0.15) is 30.4 Å². The summed E-state index contributed by atoms with van der Waals surface area (Å²) < 4.78 is 24.7. The van der Waals surface area contributed by atoms with Crippen LogP contribution in [-0.2, 0) is 22.6 Å². The van der Waals surface area contributed by atoms with Gasteiger partial charge < -0.3 is 14.8 Å². The van der Waals surface area contributed by atoms with Gasteiger partial charge in [-0.15, -0.1) is 0 Å². The van der Waals surface area contributed by atoms with E-state index >= 15 is 0 Å². The Morgan fingerprint density at radius 2 is 2.20 bits per heavy atom. The van der Waals surface area contributed by atoms with E-state index in [2.05, 4.69) is 5.32 Å². The number of benzene rings is 1. The lowest BCUT2D eigenvalue weighted by Gasteiger charge is -2.11. The molecule has 2 aliphatic rings. The zero-order valence-electron chi connectivity index (χ0n) is 11.7. The highest BCUT2D eigenvalue weighted by Gasteiger charge is 2.20. The first-order valence-corrected chi connectivity index (χ1v) is 7.47. The lowest BCUT2D eigenvalue weighted by molar-refractivity contribution is 0.0775. The zero-order valence-corrected chi connectivity index (χ0v) is 11.7. The molecule has 1 heterocycles. The van der Waals surface area contributed by atoms with E-state index in [4.69, 9.17) is 9.47 Å². The van der Waals surface area contributed by atoms with Crippen molar-refractivity contribution in [2.24, 2.45) is 5.92 Å². The summed E-state index contributed by atoms with van der Waals surface area (Å²) in [4.78, 5) is 0. The molecule has 1 unspecified atom stereocenters. The number of ether oxygens (including phenoxy) is 2. The molecule has 3 rings (SSSR count). The summed E-state index contributed by atoms with van der Waals surface area (Å²) in [6.07, 6.45) is 3.58. The molecular formula is C16H22FNO2. The van der Waals surface area contributed by atoms with Gasteiger partial charge in [-0.3, -0.25) is 0 Å². The molecule has 1 aromatic rings. The van der Waals surface area contributed by atoms with Crippen molar-refractivity contribution in [1.82, 2.24) is 5.32 Å². The number of rotatable bonds is 7. The molecule has 3 nitrogen and oxygen atoms in total. The average molecular weight is 279 g/mol. The Hall–Kier alpha value is -0.970. The first-order valence-electron chi connectivity index (χ1n) is 7.47. The largest absolute Gasteiger partial charge is 0.381 e. The molecule has 0 radical (unpaired) electrons. The fourth-order valence-electron chi connectivity index (χ4n) is 2.45. The normalized spacial score (nSPS) is 22.4. The second kappa shape index (κ2) is 6.66. The van der Waals surface area contributed by atoms with Crippen LogP contribution in [0.5, 0.6) is 0 Å². The summed E-state index contributed by atoms with van der Waals surface area (Å²) in [6, 6.07) is 5.97. The average Bonchev–Trinajstić information content (AvgIpc) is 3.14. The van der Waals surface area contributed by atoms with Crippen LogP contribution in [0.4, 0.5) is 4.39 Å². The van der Waals surface area contributed by atoms with Crippen LogP contribution in [0.2, 0.25) is 0 Å². The van der Waals surface area contributed by atoms with Crippen molar-refractivity contribution in [2.75, 3.05) is 19.8 Å². The minimum absolute atomic E-state index is 0.178. The van der Waals surface area contributed by atoms with Gasteiger partial charge in [0.2, 0.25) is 0 Å². The third-order valence-corrected chi connectivity index (χ3v) is 3.92. The topological polar surface area (TPSA) is 30.5 Å². The second-order valence-electron chi connectivity index (χ2n) is 5.83. The molecule has 1 saturated carbocycles. The Morgan fingerprint density at radius 1 is 1.30 bits per heavy atom. The third kappa shape index (κ3) is 4.01. The third-order valence-electron chi connectivity index (χ3n) is 3.92. The van der Waals surface area contributed by atoms with E-state index in [1.807, 2.05) is 12.1 Å². The molecular weight excluding hydrogens is 257 g/mol. The highest BCUT2D eigenvalue weighted by atomic mass is 19.1. The first kappa shape index (κ1) is 14.0. The molecule has 4 heteroatoms. The van der Waals surface area contributed by atoms with E-state index in [0.29, 0.717) is 30.7 Å². The monoisotopic (exact) mass is 279 g/mol. The molecule has 1 saturated heterocycles. The van der Waals surface area contributed by atoms with Crippen molar-refractivity contribution in [3.8, 4) is 0 Å². The van der Waals surface area contributed by atoms with E-state index in [0.717, 1.165) is 31.7 Å². The van der Waals surface area contributed by atoms with Crippen LogP contribution >= 0.6 is 0 Å². The SMILES string of the molecule is Fc1ccc(CNC2CC2)cc1COCC1CCOC1. The standard InChI is InChI=1S/C16H22FNO2/c17-16-4-1-12(8-18-15-2-3-15)7-14(16)11-20-10-13-5-6-19-9-13/h1,4,7,13,15,18H,2-3,5-6,8-11H2. The minimum atomic E-state index is -0.178. The number of hydrogen-bond acceptors (Lipinski definition) is 3. The maximum absolute atomic E-state index is 13.8. The first-order chi connectivity index (χ1) is 9.81. The predicted molar refractivity (Wildman–Crippen MR) is 74.8 cm³/mol. The molecule has 0 bridgehead atoms. The van der Waals surface area contributed by atoms with Gasteiger partial charge in [-0.25, -0.2) is 4.39 Å². The minimum Gasteiger partial charge on any atom is -0.381 e.